The highest BCUT2D eigenvalue weighted by molar-refractivity contribution is 5.59. The average molecular weight is 263 g/mol. The van der Waals surface area contributed by atoms with Crippen LogP contribution in [0.2, 0.25) is 0 Å². The summed E-state index contributed by atoms with van der Waals surface area (Å²) in [6.07, 6.45) is 1.91. The molecule has 0 saturated carbocycles. The second-order valence-electron chi connectivity index (χ2n) is 5.74. The molecule has 4 heteroatoms. The van der Waals surface area contributed by atoms with Crippen LogP contribution in [-0.4, -0.2) is 49.8 Å². The molecule has 0 saturated heterocycles. The summed E-state index contributed by atoms with van der Waals surface area (Å²) >= 11 is 0. The molecule has 1 aliphatic heterocycles. The minimum atomic E-state index is -0.160. The monoisotopic (exact) mass is 263 g/mol. The molecule has 2 rings (SSSR count). The maximum Gasteiger partial charge on any atom is 0.0585 e. The van der Waals surface area contributed by atoms with E-state index < -0.39 is 0 Å². The summed E-state index contributed by atoms with van der Waals surface area (Å²) in [5.74, 6) is 0.586. The van der Waals surface area contributed by atoms with E-state index in [1.165, 1.54) is 23.2 Å². The molecule has 1 aromatic carbocycles. The zero-order valence-electron chi connectivity index (χ0n) is 11.9. The summed E-state index contributed by atoms with van der Waals surface area (Å²) in [5, 5.41) is 12.5. The number of hydrogen-bond donors (Lipinski definition) is 3. The van der Waals surface area contributed by atoms with Crippen molar-refractivity contribution in [2.75, 3.05) is 39.1 Å². The lowest BCUT2D eigenvalue weighted by Crippen LogP contribution is -2.26. The van der Waals surface area contributed by atoms with Gasteiger partial charge in [-0.25, -0.2) is 0 Å². The summed E-state index contributed by atoms with van der Waals surface area (Å²) in [5.41, 5.74) is 9.69. The van der Waals surface area contributed by atoms with Crippen LogP contribution in [0.25, 0.3) is 0 Å². The van der Waals surface area contributed by atoms with Crippen molar-refractivity contribution < 1.29 is 5.11 Å². The molecule has 0 aromatic heterocycles. The Morgan fingerprint density at radius 2 is 2.26 bits per heavy atom. The minimum absolute atomic E-state index is 0.0411. The van der Waals surface area contributed by atoms with Gasteiger partial charge in [0.2, 0.25) is 0 Å². The highest BCUT2D eigenvalue weighted by atomic mass is 16.3. The van der Waals surface area contributed by atoms with Crippen LogP contribution in [0.5, 0.6) is 0 Å². The fraction of sp³-hybridized carbons (Fsp3) is 0.600. The van der Waals surface area contributed by atoms with Crippen molar-refractivity contribution in [2.24, 2.45) is 5.73 Å². The van der Waals surface area contributed by atoms with Gasteiger partial charge in [0.15, 0.2) is 0 Å². The molecule has 2 atom stereocenters. The van der Waals surface area contributed by atoms with Crippen molar-refractivity contribution in [1.29, 1.82) is 0 Å². The summed E-state index contributed by atoms with van der Waals surface area (Å²) < 4.78 is 0. The van der Waals surface area contributed by atoms with Gasteiger partial charge in [-0.15, -0.1) is 0 Å². The van der Waals surface area contributed by atoms with Gasteiger partial charge in [0.25, 0.3) is 0 Å². The number of benzene rings is 1. The summed E-state index contributed by atoms with van der Waals surface area (Å²) in [6, 6.07) is 6.35. The van der Waals surface area contributed by atoms with E-state index in [-0.39, 0.29) is 12.6 Å². The summed E-state index contributed by atoms with van der Waals surface area (Å²) in [6.45, 7) is 2.17. The van der Waals surface area contributed by atoms with E-state index in [9.17, 15) is 0 Å². The molecule has 0 radical (unpaired) electrons. The third-order valence-electron chi connectivity index (χ3n) is 3.75. The normalized spacial score (nSPS) is 19.3. The molecule has 2 unspecified atom stereocenters. The van der Waals surface area contributed by atoms with Crippen LogP contribution in [0.4, 0.5) is 5.69 Å². The largest absolute Gasteiger partial charge is 0.395 e. The van der Waals surface area contributed by atoms with Crippen LogP contribution in [0, 0.1) is 0 Å². The molecule has 0 aliphatic carbocycles. The van der Waals surface area contributed by atoms with Crippen molar-refractivity contribution in [3.8, 4) is 0 Å². The van der Waals surface area contributed by atoms with Gasteiger partial charge in [-0.05, 0) is 50.7 Å². The maximum atomic E-state index is 9.04. The summed E-state index contributed by atoms with van der Waals surface area (Å²) in [4.78, 5) is 2.23. The predicted octanol–water partition coefficient (Wildman–Crippen LogP) is 1.01. The van der Waals surface area contributed by atoms with Gasteiger partial charge in [-0.3, -0.25) is 0 Å². The van der Waals surface area contributed by atoms with Crippen LogP contribution in [0.1, 0.15) is 23.5 Å². The number of hydrogen-bond acceptors (Lipinski definition) is 4. The van der Waals surface area contributed by atoms with Gasteiger partial charge in [0, 0.05) is 24.2 Å². The molecule has 1 aliphatic rings. The maximum absolute atomic E-state index is 9.04. The predicted molar refractivity (Wildman–Crippen MR) is 79.6 cm³/mol. The number of anilines is 1. The first-order valence-corrected chi connectivity index (χ1v) is 6.98. The lowest BCUT2D eigenvalue weighted by molar-refractivity contribution is 0.265. The van der Waals surface area contributed by atoms with E-state index >= 15 is 0 Å². The van der Waals surface area contributed by atoms with Crippen LogP contribution >= 0.6 is 0 Å². The van der Waals surface area contributed by atoms with Crippen LogP contribution < -0.4 is 11.1 Å². The topological polar surface area (TPSA) is 61.5 Å². The second-order valence-corrected chi connectivity index (χ2v) is 5.74. The molecule has 19 heavy (non-hydrogen) atoms. The number of nitrogens with one attached hydrogen (secondary N) is 1. The van der Waals surface area contributed by atoms with Gasteiger partial charge in [-0.2, -0.15) is 0 Å². The van der Waals surface area contributed by atoms with E-state index in [2.05, 4.69) is 42.5 Å². The molecule has 0 fully saturated rings. The zero-order valence-corrected chi connectivity index (χ0v) is 11.9. The Morgan fingerprint density at radius 3 is 2.95 bits per heavy atom. The van der Waals surface area contributed by atoms with Gasteiger partial charge < -0.3 is 21.1 Å². The minimum Gasteiger partial charge on any atom is -0.395 e. The number of nitrogens with two attached hydrogens (primary N) is 1. The van der Waals surface area contributed by atoms with Crippen LogP contribution in [0.3, 0.4) is 0 Å². The molecule has 4 nitrogen and oxygen atoms in total. The number of aliphatic hydroxyl groups is 1. The fourth-order valence-corrected chi connectivity index (χ4v) is 2.62. The van der Waals surface area contributed by atoms with Crippen molar-refractivity contribution in [3.63, 3.8) is 0 Å². The quantitative estimate of drug-likeness (QED) is 0.717. The Hall–Kier alpha value is -1.10. The number of nitrogens with zero attached hydrogens (tertiary/aromatic N) is 1. The molecule has 0 amide bonds. The lowest BCUT2D eigenvalue weighted by atomic mass is 9.94. The van der Waals surface area contributed by atoms with E-state index in [1.807, 2.05) is 0 Å². The Bertz CT molecular complexity index is 420. The van der Waals surface area contributed by atoms with E-state index in [0.717, 1.165) is 19.5 Å². The molecule has 0 bridgehead atoms. The average Bonchev–Trinajstić information content (AvgIpc) is 2.78. The van der Waals surface area contributed by atoms with Crippen molar-refractivity contribution >= 4 is 5.69 Å². The molecule has 4 N–H and O–H groups in total. The number of rotatable bonds is 6. The summed E-state index contributed by atoms with van der Waals surface area (Å²) in [7, 11) is 4.22. The van der Waals surface area contributed by atoms with Gasteiger partial charge in [-0.1, -0.05) is 12.1 Å². The van der Waals surface area contributed by atoms with Crippen LogP contribution in [0.15, 0.2) is 18.2 Å². The zero-order chi connectivity index (χ0) is 13.8. The van der Waals surface area contributed by atoms with Crippen LogP contribution in [-0.2, 0) is 6.42 Å². The fourth-order valence-electron chi connectivity index (χ4n) is 2.62. The Morgan fingerprint density at radius 1 is 1.47 bits per heavy atom. The highest BCUT2D eigenvalue weighted by Crippen LogP contribution is 2.34. The lowest BCUT2D eigenvalue weighted by Gasteiger charge is -2.15. The standard InChI is InChI=1S/C15H25N3O/c1-18(2)6-5-12-9-17-15-4-3-11(8-14(12)15)7-13(16)10-19/h3-4,8,12-13,17,19H,5-7,9-10,16H2,1-2H3. The van der Waals surface area contributed by atoms with Gasteiger partial charge >= 0.3 is 0 Å². The van der Waals surface area contributed by atoms with Gasteiger partial charge in [0.05, 0.1) is 6.61 Å². The van der Waals surface area contributed by atoms with Crippen molar-refractivity contribution in [2.45, 2.75) is 24.8 Å². The molecular weight excluding hydrogens is 238 g/mol. The van der Waals surface area contributed by atoms with Crippen molar-refractivity contribution in [1.82, 2.24) is 4.90 Å². The molecule has 1 aromatic rings. The Kier molecular flexibility index (Phi) is 4.80. The molecule has 1 heterocycles. The van der Waals surface area contributed by atoms with Gasteiger partial charge in [0.1, 0.15) is 0 Å². The Balaban J connectivity index is 2.07. The first-order chi connectivity index (χ1) is 9.10. The third kappa shape index (κ3) is 3.69. The molecular formula is C15H25N3O. The van der Waals surface area contributed by atoms with E-state index in [1.54, 1.807) is 0 Å². The SMILES string of the molecule is CN(C)CCC1CNc2ccc(CC(N)CO)cc21. The first kappa shape index (κ1) is 14.3. The number of fused-ring (bicyclic) bond motifs is 1. The Labute approximate surface area is 115 Å². The highest BCUT2D eigenvalue weighted by Gasteiger charge is 2.22. The number of aliphatic hydroxyl groups excluding tert-OH is 1. The molecule has 0 spiro atoms. The first-order valence-electron chi connectivity index (χ1n) is 6.98. The third-order valence-corrected chi connectivity index (χ3v) is 3.75. The smallest absolute Gasteiger partial charge is 0.0585 e. The van der Waals surface area contributed by atoms with Crippen molar-refractivity contribution in [3.05, 3.63) is 29.3 Å². The second kappa shape index (κ2) is 6.37. The van der Waals surface area contributed by atoms with E-state index in [4.69, 9.17) is 10.8 Å². The van der Waals surface area contributed by atoms with E-state index in [0.29, 0.717) is 5.92 Å². The molecule has 106 valence electrons.